The van der Waals surface area contributed by atoms with E-state index in [0.29, 0.717) is 13.2 Å². The number of aliphatic hydroxyl groups excluding tert-OH is 1. The predicted molar refractivity (Wildman–Crippen MR) is 81.2 cm³/mol. The molecule has 0 aliphatic carbocycles. The van der Waals surface area contributed by atoms with Crippen molar-refractivity contribution in [3.63, 3.8) is 0 Å². The van der Waals surface area contributed by atoms with Crippen LogP contribution in [-0.4, -0.2) is 29.3 Å². The van der Waals surface area contributed by atoms with Crippen LogP contribution in [0.5, 0.6) is 5.75 Å². The number of rotatable bonds is 7. The number of ether oxygens (including phenoxy) is 1. The molecule has 0 amide bonds. The lowest BCUT2D eigenvalue weighted by molar-refractivity contribution is 0.106. The Hall–Kier alpha value is -1.43. The predicted octanol–water partition coefficient (Wildman–Crippen LogP) is 2.29. The molecule has 1 unspecified atom stereocenters. The molecule has 20 heavy (non-hydrogen) atoms. The number of hydrogen-bond acceptors (Lipinski definition) is 5. The van der Waals surface area contributed by atoms with Gasteiger partial charge in [0.05, 0.1) is 5.51 Å². The second kappa shape index (κ2) is 7.38. The van der Waals surface area contributed by atoms with E-state index in [4.69, 9.17) is 4.74 Å². The lowest BCUT2D eigenvalue weighted by atomic mass is 10.1. The molecule has 2 N–H and O–H groups in total. The number of aryl methyl sites for hydroxylation is 2. The van der Waals surface area contributed by atoms with Gasteiger partial charge in [0, 0.05) is 24.2 Å². The van der Waals surface area contributed by atoms with Gasteiger partial charge in [0.2, 0.25) is 0 Å². The van der Waals surface area contributed by atoms with Crippen LogP contribution in [0.1, 0.15) is 16.0 Å². The van der Waals surface area contributed by atoms with Crippen LogP contribution in [0.3, 0.4) is 0 Å². The summed E-state index contributed by atoms with van der Waals surface area (Å²) in [6.07, 6.45) is 1.30. The Morgan fingerprint density at radius 2 is 2.25 bits per heavy atom. The van der Waals surface area contributed by atoms with Crippen molar-refractivity contribution in [3.8, 4) is 5.75 Å². The lowest BCUT2D eigenvalue weighted by Crippen LogP contribution is -2.31. The first-order valence-corrected chi connectivity index (χ1v) is 7.49. The van der Waals surface area contributed by atoms with E-state index in [0.717, 1.165) is 28.3 Å². The van der Waals surface area contributed by atoms with Crippen molar-refractivity contribution < 1.29 is 9.84 Å². The van der Waals surface area contributed by atoms with Crippen LogP contribution in [0.2, 0.25) is 0 Å². The highest BCUT2D eigenvalue weighted by atomic mass is 32.1. The molecule has 0 saturated carbocycles. The molecule has 0 aliphatic rings. The van der Waals surface area contributed by atoms with Gasteiger partial charge in [0.1, 0.15) is 18.5 Å². The van der Waals surface area contributed by atoms with Crippen LogP contribution in [-0.2, 0) is 6.54 Å². The van der Waals surface area contributed by atoms with E-state index in [1.54, 1.807) is 16.8 Å². The van der Waals surface area contributed by atoms with E-state index in [1.165, 1.54) is 0 Å². The molecule has 0 bridgehead atoms. The molecule has 1 aromatic heterocycles. The Balaban J connectivity index is 1.71. The van der Waals surface area contributed by atoms with E-state index in [1.807, 2.05) is 32.2 Å². The molecule has 4 nitrogen and oxygen atoms in total. The fourth-order valence-electron chi connectivity index (χ4n) is 1.80. The summed E-state index contributed by atoms with van der Waals surface area (Å²) in [5.41, 5.74) is 4.04. The van der Waals surface area contributed by atoms with E-state index in [-0.39, 0.29) is 0 Å². The first-order valence-electron chi connectivity index (χ1n) is 6.61. The Bertz CT molecular complexity index is 529. The molecule has 108 valence electrons. The molecule has 0 saturated heterocycles. The van der Waals surface area contributed by atoms with E-state index in [2.05, 4.69) is 16.4 Å². The molecule has 5 heteroatoms. The minimum atomic E-state index is -0.525. The smallest absolute Gasteiger partial charge is 0.122 e. The van der Waals surface area contributed by atoms with Crippen LogP contribution >= 0.6 is 11.3 Å². The highest BCUT2D eigenvalue weighted by molar-refractivity contribution is 7.09. The molecule has 1 heterocycles. The largest absolute Gasteiger partial charge is 0.491 e. The van der Waals surface area contributed by atoms with Gasteiger partial charge in [0.25, 0.3) is 0 Å². The Kier molecular flexibility index (Phi) is 5.52. The van der Waals surface area contributed by atoms with Crippen molar-refractivity contribution in [2.45, 2.75) is 26.5 Å². The first kappa shape index (κ1) is 15.0. The monoisotopic (exact) mass is 292 g/mol. The van der Waals surface area contributed by atoms with E-state index < -0.39 is 6.10 Å². The summed E-state index contributed by atoms with van der Waals surface area (Å²) in [7, 11) is 0. The number of nitrogens with zero attached hydrogens (tertiary/aromatic N) is 1. The Morgan fingerprint density at radius 3 is 3.00 bits per heavy atom. The van der Waals surface area contributed by atoms with E-state index >= 15 is 0 Å². The summed E-state index contributed by atoms with van der Waals surface area (Å²) in [5.74, 6) is 0.839. The third-order valence-electron chi connectivity index (χ3n) is 2.94. The number of aromatic nitrogens is 1. The van der Waals surface area contributed by atoms with Gasteiger partial charge in [-0.15, -0.1) is 11.3 Å². The molecule has 0 fully saturated rings. The molecule has 2 aromatic rings. The van der Waals surface area contributed by atoms with Crippen molar-refractivity contribution in [1.82, 2.24) is 10.3 Å². The average molecular weight is 292 g/mol. The molecular weight excluding hydrogens is 272 g/mol. The van der Waals surface area contributed by atoms with Crippen molar-refractivity contribution in [2.24, 2.45) is 0 Å². The third-order valence-corrected chi connectivity index (χ3v) is 3.72. The average Bonchev–Trinajstić information content (AvgIpc) is 2.93. The van der Waals surface area contributed by atoms with E-state index in [9.17, 15) is 5.11 Å². The maximum atomic E-state index is 9.90. The van der Waals surface area contributed by atoms with Gasteiger partial charge >= 0.3 is 0 Å². The fourth-order valence-corrected chi connectivity index (χ4v) is 2.36. The summed E-state index contributed by atoms with van der Waals surface area (Å²) in [6.45, 7) is 5.55. The zero-order valence-electron chi connectivity index (χ0n) is 11.8. The number of hydrogen-bond donors (Lipinski definition) is 2. The molecular formula is C15H20N2O2S. The van der Waals surface area contributed by atoms with Crippen molar-refractivity contribution in [1.29, 1.82) is 0 Å². The number of benzene rings is 1. The quantitative estimate of drug-likeness (QED) is 0.822. The van der Waals surface area contributed by atoms with Crippen LogP contribution in [0.25, 0.3) is 0 Å². The molecule has 1 aromatic carbocycles. The highest BCUT2D eigenvalue weighted by Gasteiger charge is 2.07. The minimum absolute atomic E-state index is 0.292. The number of aliphatic hydroxyl groups is 1. The minimum Gasteiger partial charge on any atom is -0.491 e. The van der Waals surface area contributed by atoms with Crippen LogP contribution in [0, 0.1) is 13.8 Å². The normalized spacial score (nSPS) is 12.3. The van der Waals surface area contributed by atoms with Crippen LogP contribution < -0.4 is 10.1 Å². The molecule has 1 atom stereocenters. The zero-order valence-corrected chi connectivity index (χ0v) is 12.6. The molecule has 0 radical (unpaired) electrons. The second-order valence-electron chi connectivity index (χ2n) is 4.83. The van der Waals surface area contributed by atoms with Gasteiger partial charge in [-0.25, -0.2) is 0 Å². The summed E-state index contributed by atoms with van der Waals surface area (Å²) in [4.78, 5) is 5.17. The van der Waals surface area contributed by atoms with Crippen LogP contribution in [0.15, 0.2) is 29.9 Å². The zero-order chi connectivity index (χ0) is 14.4. The van der Waals surface area contributed by atoms with Gasteiger partial charge in [-0.05, 0) is 31.0 Å². The maximum absolute atomic E-state index is 9.90. The van der Waals surface area contributed by atoms with Crippen molar-refractivity contribution in [3.05, 3.63) is 45.9 Å². The third kappa shape index (κ3) is 4.59. The van der Waals surface area contributed by atoms with Crippen molar-refractivity contribution >= 4 is 11.3 Å². The van der Waals surface area contributed by atoms with Gasteiger partial charge in [-0.2, -0.15) is 0 Å². The lowest BCUT2D eigenvalue weighted by Gasteiger charge is -2.14. The topological polar surface area (TPSA) is 54.4 Å². The first-order chi connectivity index (χ1) is 9.65. The molecule has 2 rings (SSSR count). The summed E-state index contributed by atoms with van der Waals surface area (Å²) >= 11 is 1.60. The summed E-state index contributed by atoms with van der Waals surface area (Å²) in [6, 6.07) is 6.07. The fraction of sp³-hybridized carbons (Fsp3) is 0.400. The van der Waals surface area contributed by atoms with Crippen molar-refractivity contribution in [2.75, 3.05) is 13.2 Å². The van der Waals surface area contributed by atoms with Gasteiger partial charge in [0.15, 0.2) is 0 Å². The van der Waals surface area contributed by atoms with Gasteiger partial charge in [-0.1, -0.05) is 12.1 Å². The number of thiazole rings is 1. The van der Waals surface area contributed by atoms with Gasteiger partial charge < -0.3 is 15.2 Å². The Morgan fingerprint density at radius 1 is 1.40 bits per heavy atom. The summed E-state index contributed by atoms with van der Waals surface area (Å²) < 4.78 is 5.67. The van der Waals surface area contributed by atoms with Gasteiger partial charge in [-0.3, -0.25) is 4.98 Å². The second-order valence-corrected chi connectivity index (χ2v) is 5.80. The molecule has 0 spiro atoms. The maximum Gasteiger partial charge on any atom is 0.122 e. The standard InChI is InChI=1S/C15H20N2O2S/c1-11-3-4-12(2)15(5-11)19-9-13(18)6-16-7-14-8-17-10-20-14/h3-5,8,10,13,16,18H,6-7,9H2,1-2H3. The number of nitrogens with one attached hydrogen (secondary N) is 1. The Labute approximate surface area is 123 Å². The SMILES string of the molecule is Cc1ccc(C)c(OCC(O)CNCc2cncs2)c1. The highest BCUT2D eigenvalue weighted by Crippen LogP contribution is 2.19. The summed E-state index contributed by atoms with van der Waals surface area (Å²) in [5, 5.41) is 13.1. The molecule has 0 aliphatic heterocycles. The van der Waals surface area contributed by atoms with Crippen LogP contribution in [0.4, 0.5) is 0 Å².